The van der Waals surface area contributed by atoms with E-state index in [1.54, 1.807) is 28.7 Å². The van der Waals surface area contributed by atoms with Gasteiger partial charge in [-0.2, -0.15) is 4.31 Å². The van der Waals surface area contributed by atoms with Crippen molar-refractivity contribution >= 4 is 32.7 Å². The van der Waals surface area contributed by atoms with Gasteiger partial charge in [-0.3, -0.25) is 0 Å². The van der Waals surface area contributed by atoms with Crippen LogP contribution in [0.15, 0.2) is 53.7 Å². The average Bonchev–Trinajstić information content (AvgIpc) is 3.07. The minimum atomic E-state index is -3.68. The Morgan fingerprint density at radius 1 is 1.24 bits per heavy atom. The Labute approximate surface area is 150 Å². The van der Waals surface area contributed by atoms with Gasteiger partial charge in [-0.25, -0.2) is 13.4 Å². The molecule has 6 nitrogen and oxygen atoms in total. The topological polar surface area (TPSA) is 78.1 Å². The molecule has 4 rings (SSSR count). The predicted octanol–water partition coefficient (Wildman–Crippen LogP) is 2.55. The smallest absolute Gasteiger partial charge is 0.245 e. The first-order chi connectivity index (χ1) is 12.1. The van der Waals surface area contributed by atoms with Crippen molar-refractivity contribution in [1.29, 1.82) is 0 Å². The molecule has 1 fully saturated rings. The van der Waals surface area contributed by atoms with Crippen LogP contribution in [0.5, 0.6) is 0 Å². The summed E-state index contributed by atoms with van der Waals surface area (Å²) in [7, 11) is -3.68. The standard InChI is InChI=1S/C17H17ClN4O2S/c18-13-4-1-3-12(9-13)15-10-19-7-8-22(15)25(23,24)16-11-21-17-14(16)5-2-6-20-17/h1-6,9,11,15,19H,7-8,10H2,(H,20,21). The van der Waals surface area contributed by atoms with Gasteiger partial charge in [0, 0.05) is 42.4 Å². The van der Waals surface area contributed by atoms with Crippen molar-refractivity contribution in [3.8, 4) is 0 Å². The average molecular weight is 377 g/mol. The second kappa shape index (κ2) is 6.42. The fourth-order valence-corrected chi connectivity index (χ4v) is 5.21. The largest absolute Gasteiger partial charge is 0.345 e. The van der Waals surface area contributed by atoms with Crippen molar-refractivity contribution in [3.63, 3.8) is 0 Å². The summed E-state index contributed by atoms with van der Waals surface area (Å²) in [4.78, 5) is 7.38. The van der Waals surface area contributed by atoms with Crippen LogP contribution in [0.4, 0.5) is 0 Å². The molecule has 2 N–H and O–H groups in total. The third-order valence-corrected chi connectivity index (χ3v) is 6.61. The van der Waals surface area contributed by atoms with Crippen molar-refractivity contribution < 1.29 is 8.42 Å². The van der Waals surface area contributed by atoms with Crippen LogP contribution in [-0.4, -0.2) is 42.3 Å². The molecule has 0 radical (unpaired) electrons. The summed E-state index contributed by atoms with van der Waals surface area (Å²) in [5, 5.41) is 4.46. The van der Waals surface area contributed by atoms with Crippen molar-refractivity contribution in [3.05, 3.63) is 59.4 Å². The van der Waals surface area contributed by atoms with Crippen LogP contribution in [0, 0.1) is 0 Å². The van der Waals surface area contributed by atoms with Crippen LogP contribution in [0.25, 0.3) is 11.0 Å². The third-order valence-electron chi connectivity index (χ3n) is 4.43. The number of hydrogen-bond donors (Lipinski definition) is 2. The summed E-state index contributed by atoms with van der Waals surface area (Å²) < 4.78 is 28.2. The number of rotatable bonds is 3. The van der Waals surface area contributed by atoms with Gasteiger partial charge in [0.25, 0.3) is 0 Å². The van der Waals surface area contributed by atoms with Gasteiger partial charge < -0.3 is 10.3 Å². The number of nitrogens with zero attached hydrogens (tertiary/aromatic N) is 2. The van der Waals surface area contributed by atoms with Crippen LogP contribution in [0.1, 0.15) is 11.6 Å². The van der Waals surface area contributed by atoms with Crippen LogP contribution in [0.2, 0.25) is 5.02 Å². The molecule has 0 bridgehead atoms. The van der Waals surface area contributed by atoms with Gasteiger partial charge in [0.2, 0.25) is 10.0 Å². The van der Waals surface area contributed by atoms with Gasteiger partial charge in [0.1, 0.15) is 10.5 Å². The first kappa shape index (κ1) is 16.5. The molecule has 0 saturated carbocycles. The Morgan fingerprint density at radius 2 is 2.12 bits per heavy atom. The maximum absolute atomic E-state index is 13.3. The second-order valence-corrected chi connectivity index (χ2v) is 8.24. The molecule has 0 spiro atoms. The number of sulfonamides is 1. The maximum atomic E-state index is 13.3. The minimum absolute atomic E-state index is 0.254. The van der Waals surface area contributed by atoms with Crippen LogP contribution in [0.3, 0.4) is 0 Å². The van der Waals surface area contributed by atoms with E-state index in [2.05, 4.69) is 15.3 Å². The van der Waals surface area contributed by atoms with E-state index < -0.39 is 10.0 Å². The number of hydrogen-bond acceptors (Lipinski definition) is 4. The molecule has 8 heteroatoms. The summed E-state index contributed by atoms with van der Waals surface area (Å²) in [6, 6.07) is 10.5. The van der Waals surface area contributed by atoms with Gasteiger partial charge in [-0.1, -0.05) is 23.7 Å². The van der Waals surface area contributed by atoms with E-state index in [-0.39, 0.29) is 10.9 Å². The second-order valence-electron chi connectivity index (χ2n) is 5.94. The molecule has 3 heterocycles. The summed E-state index contributed by atoms with van der Waals surface area (Å²) in [6.45, 7) is 1.55. The van der Waals surface area contributed by atoms with Crippen LogP contribution < -0.4 is 5.32 Å². The van der Waals surface area contributed by atoms with E-state index in [1.165, 1.54) is 6.20 Å². The highest BCUT2D eigenvalue weighted by molar-refractivity contribution is 7.89. The van der Waals surface area contributed by atoms with Gasteiger partial charge in [-0.05, 0) is 29.8 Å². The molecule has 1 aliphatic rings. The monoisotopic (exact) mass is 376 g/mol. The first-order valence-corrected chi connectivity index (χ1v) is 9.79. The zero-order chi connectivity index (χ0) is 17.4. The molecule has 1 aliphatic heterocycles. The van der Waals surface area contributed by atoms with Gasteiger partial charge >= 0.3 is 0 Å². The Balaban J connectivity index is 1.79. The van der Waals surface area contributed by atoms with Crippen molar-refractivity contribution in [2.45, 2.75) is 10.9 Å². The fourth-order valence-electron chi connectivity index (χ4n) is 3.24. The summed E-state index contributed by atoms with van der Waals surface area (Å²) in [6.07, 6.45) is 3.15. The molecule has 2 aromatic heterocycles. The summed E-state index contributed by atoms with van der Waals surface area (Å²) in [5.41, 5.74) is 1.44. The molecule has 1 atom stereocenters. The quantitative estimate of drug-likeness (QED) is 0.736. The molecule has 3 aromatic rings. The molecule has 130 valence electrons. The lowest BCUT2D eigenvalue weighted by molar-refractivity contribution is 0.272. The maximum Gasteiger partial charge on any atom is 0.245 e. The Morgan fingerprint density at radius 3 is 2.96 bits per heavy atom. The third kappa shape index (κ3) is 2.93. The number of piperazine rings is 1. The van der Waals surface area contributed by atoms with Crippen molar-refractivity contribution in [1.82, 2.24) is 19.6 Å². The number of aromatic nitrogens is 2. The number of benzene rings is 1. The molecular formula is C17H17ClN4O2S. The van der Waals surface area contributed by atoms with Crippen LogP contribution >= 0.6 is 11.6 Å². The van der Waals surface area contributed by atoms with E-state index in [0.29, 0.717) is 35.7 Å². The van der Waals surface area contributed by atoms with E-state index >= 15 is 0 Å². The number of pyridine rings is 1. The minimum Gasteiger partial charge on any atom is -0.345 e. The molecule has 1 saturated heterocycles. The number of aromatic amines is 1. The molecule has 1 aromatic carbocycles. The zero-order valence-electron chi connectivity index (χ0n) is 13.3. The number of nitrogens with one attached hydrogen (secondary N) is 2. The van der Waals surface area contributed by atoms with E-state index in [1.807, 2.05) is 18.2 Å². The van der Waals surface area contributed by atoms with Gasteiger partial charge in [0.05, 0.1) is 6.04 Å². The molecule has 0 amide bonds. The molecule has 0 aliphatic carbocycles. The van der Waals surface area contributed by atoms with Gasteiger partial charge in [0.15, 0.2) is 0 Å². The fraction of sp³-hybridized carbons (Fsp3) is 0.235. The highest BCUT2D eigenvalue weighted by Crippen LogP contribution is 2.32. The van der Waals surface area contributed by atoms with E-state index in [9.17, 15) is 8.42 Å². The lowest BCUT2D eigenvalue weighted by atomic mass is 10.1. The normalized spacial score (nSPS) is 19.3. The highest BCUT2D eigenvalue weighted by Gasteiger charge is 2.35. The summed E-state index contributed by atoms with van der Waals surface area (Å²) >= 11 is 6.10. The molecular weight excluding hydrogens is 360 g/mol. The number of H-pyrrole nitrogens is 1. The summed E-state index contributed by atoms with van der Waals surface area (Å²) in [5.74, 6) is 0. The van der Waals surface area contributed by atoms with Crippen LogP contribution in [-0.2, 0) is 10.0 Å². The number of fused-ring (bicyclic) bond motifs is 1. The molecule has 1 unspecified atom stereocenters. The van der Waals surface area contributed by atoms with E-state index in [0.717, 1.165) is 5.56 Å². The Kier molecular flexibility index (Phi) is 4.24. The Bertz CT molecular complexity index is 1020. The van der Waals surface area contributed by atoms with Gasteiger partial charge in [-0.15, -0.1) is 0 Å². The van der Waals surface area contributed by atoms with Crippen molar-refractivity contribution in [2.24, 2.45) is 0 Å². The lowest BCUT2D eigenvalue weighted by Crippen LogP contribution is -2.48. The number of halogens is 1. The van der Waals surface area contributed by atoms with E-state index in [4.69, 9.17) is 11.6 Å². The first-order valence-electron chi connectivity index (χ1n) is 7.97. The zero-order valence-corrected chi connectivity index (χ0v) is 14.9. The molecule has 25 heavy (non-hydrogen) atoms. The highest BCUT2D eigenvalue weighted by atomic mass is 35.5. The predicted molar refractivity (Wildman–Crippen MR) is 97.0 cm³/mol. The SMILES string of the molecule is O=S(=O)(c1c[nH]c2ncccc12)N1CCNCC1c1cccc(Cl)c1. The lowest BCUT2D eigenvalue weighted by Gasteiger charge is -2.35. The Hall–Kier alpha value is -1.93. The van der Waals surface area contributed by atoms with Crippen molar-refractivity contribution in [2.75, 3.05) is 19.6 Å².